The second kappa shape index (κ2) is 4.72. The van der Waals surface area contributed by atoms with Crippen LogP contribution in [0.25, 0.3) is 0 Å². The van der Waals surface area contributed by atoms with Crippen LogP contribution in [0.4, 0.5) is 0 Å². The average molecular weight is 206 g/mol. The molecule has 6 nitrogen and oxygen atoms in total. The fraction of sp³-hybridized carbons (Fsp3) is 0.750. The third-order valence-corrected chi connectivity index (χ3v) is 1.83. The molecule has 0 aromatic heterocycles. The minimum absolute atomic E-state index is 0.285. The summed E-state index contributed by atoms with van der Waals surface area (Å²) in [5.74, 6) is -0.362. The predicted molar refractivity (Wildman–Crippen MR) is 45.2 cm³/mol. The van der Waals surface area contributed by atoms with Gasteiger partial charge in [0.1, 0.15) is 24.1 Å². The van der Waals surface area contributed by atoms with Crippen molar-refractivity contribution in [3.05, 3.63) is 12.3 Å². The molecule has 14 heavy (non-hydrogen) atoms. The Morgan fingerprint density at radius 1 is 1.43 bits per heavy atom. The largest absolute Gasteiger partial charge is 0.510 e. The SMILES string of the molecule is C=C(O)[C@H]1O[C@H](OOCC)[C@H](O)[C@@H]1O. The van der Waals surface area contributed by atoms with Crippen LogP contribution in [-0.2, 0) is 14.5 Å². The molecule has 1 saturated heterocycles. The van der Waals surface area contributed by atoms with E-state index < -0.39 is 24.6 Å². The molecule has 0 spiro atoms. The zero-order chi connectivity index (χ0) is 10.7. The van der Waals surface area contributed by atoms with Crippen LogP contribution < -0.4 is 0 Å². The van der Waals surface area contributed by atoms with Crippen LogP contribution in [0.5, 0.6) is 0 Å². The van der Waals surface area contributed by atoms with Crippen LogP contribution in [0.15, 0.2) is 12.3 Å². The van der Waals surface area contributed by atoms with Crippen LogP contribution in [0.3, 0.4) is 0 Å². The van der Waals surface area contributed by atoms with Crippen molar-refractivity contribution in [1.29, 1.82) is 0 Å². The quantitative estimate of drug-likeness (QED) is 0.325. The molecule has 82 valence electrons. The summed E-state index contributed by atoms with van der Waals surface area (Å²) in [4.78, 5) is 9.19. The van der Waals surface area contributed by atoms with Gasteiger partial charge in [-0.3, -0.25) is 0 Å². The molecule has 0 aromatic rings. The summed E-state index contributed by atoms with van der Waals surface area (Å²) in [6.07, 6.45) is -4.69. The van der Waals surface area contributed by atoms with E-state index in [9.17, 15) is 10.2 Å². The first kappa shape index (κ1) is 11.4. The standard InChI is InChI=1S/C8H14O6/c1-3-12-14-8-6(11)5(10)7(13-8)4(2)9/h5-11H,2-3H2,1H3/t5-,6+,7+,8+/m0/s1. The number of hydrogen-bond acceptors (Lipinski definition) is 6. The summed E-state index contributed by atoms with van der Waals surface area (Å²) >= 11 is 0. The first-order valence-corrected chi connectivity index (χ1v) is 4.25. The van der Waals surface area contributed by atoms with Gasteiger partial charge in [0.2, 0.25) is 6.29 Å². The summed E-state index contributed by atoms with van der Waals surface area (Å²) in [7, 11) is 0. The van der Waals surface area contributed by atoms with Gasteiger partial charge in [-0.15, -0.1) is 0 Å². The maximum Gasteiger partial charge on any atom is 0.220 e. The Kier molecular flexibility index (Phi) is 3.85. The Hall–Kier alpha value is -0.660. The van der Waals surface area contributed by atoms with Gasteiger partial charge in [-0.05, 0) is 6.92 Å². The minimum atomic E-state index is -1.27. The Morgan fingerprint density at radius 2 is 2.07 bits per heavy atom. The summed E-state index contributed by atoms with van der Waals surface area (Å²) in [5, 5.41) is 27.7. The van der Waals surface area contributed by atoms with Crippen molar-refractivity contribution in [1.82, 2.24) is 0 Å². The Balaban J connectivity index is 2.53. The van der Waals surface area contributed by atoms with Crippen molar-refractivity contribution in [3.8, 4) is 0 Å². The molecule has 1 aliphatic heterocycles. The van der Waals surface area contributed by atoms with Crippen LogP contribution >= 0.6 is 0 Å². The lowest BCUT2D eigenvalue weighted by atomic mass is 10.1. The molecule has 0 amide bonds. The van der Waals surface area contributed by atoms with Gasteiger partial charge in [-0.25, -0.2) is 9.78 Å². The monoisotopic (exact) mass is 206 g/mol. The minimum Gasteiger partial charge on any atom is -0.510 e. The summed E-state index contributed by atoms with van der Waals surface area (Å²) in [6.45, 7) is 5.18. The van der Waals surface area contributed by atoms with E-state index in [-0.39, 0.29) is 12.4 Å². The number of aliphatic hydroxyl groups is 3. The van der Waals surface area contributed by atoms with Crippen molar-refractivity contribution in [3.63, 3.8) is 0 Å². The highest BCUT2D eigenvalue weighted by Crippen LogP contribution is 2.25. The lowest BCUT2D eigenvalue weighted by Crippen LogP contribution is -2.34. The molecule has 0 bridgehead atoms. The molecule has 1 fully saturated rings. The van der Waals surface area contributed by atoms with Gasteiger partial charge >= 0.3 is 0 Å². The molecule has 1 heterocycles. The normalized spacial score (nSPS) is 37.4. The maximum atomic E-state index is 9.37. The third kappa shape index (κ3) is 2.23. The van der Waals surface area contributed by atoms with Gasteiger partial charge in [-0.1, -0.05) is 6.58 Å². The van der Waals surface area contributed by atoms with E-state index in [1.165, 1.54) is 0 Å². The smallest absolute Gasteiger partial charge is 0.220 e. The number of aliphatic hydroxyl groups excluding tert-OH is 3. The molecule has 0 aromatic carbocycles. The predicted octanol–water partition coefficient (Wildman–Crippen LogP) is -0.527. The van der Waals surface area contributed by atoms with Crippen LogP contribution in [0, 0.1) is 0 Å². The zero-order valence-corrected chi connectivity index (χ0v) is 7.79. The summed E-state index contributed by atoms with van der Waals surface area (Å²) in [5.41, 5.74) is 0. The molecule has 6 heteroatoms. The number of ether oxygens (including phenoxy) is 1. The van der Waals surface area contributed by atoms with Crippen molar-refractivity contribution in [2.75, 3.05) is 6.61 Å². The van der Waals surface area contributed by atoms with Gasteiger partial charge in [-0.2, -0.15) is 0 Å². The summed E-state index contributed by atoms with van der Waals surface area (Å²) in [6, 6.07) is 0. The molecule has 1 rings (SSSR count). The zero-order valence-electron chi connectivity index (χ0n) is 7.79. The fourth-order valence-electron chi connectivity index (χ4n) is 1.14. The second-order valence-electron chi connectivity index (χ2n) is 2.90. The van der Waals surface area contributed by atoms with E-state index in [4.69, 9.17) is 9.84 Å². The number of hydrogen-bond donors (Lipinski definition) is 3. The maximum absolute atomic E-state index is 9.37. The Labute approximate surface area is 81.3 Å². The number of rotatable bonds is 4. The van der Waals surface area contributed by atoms with Crippen LogP contribution in [0.1, 0.15) is 6.92 Å². The highest BCUT2D eigenvalue weighted by atomic mass is 17.2. The first-order chi connectivity index (χ1) is 6.57. The van der Waals surface area contributed by atoms with Crippen molar-refractivity contribution in [2.24, 2.45) is 0 Å². The Morgan fingerprint density at radius 3 is 2.50 bits per heavy atom. The van der Waals surface area contributed by atoms with Crippen molar-refractivity contribution in [2.45, 2.75) is 31.5 Å². The molecule has 0 unspecified atom stereocenters. The molecule has 0 radical (unpaired) electrons. The lowest BCUT2D eigenvalue weighted by Gasteiger charge is -2.12. The second-order valence-corrected chi connectivity index (χ2v) is 2.90. The van der Waals surface area contributed by atoms with E-state index in [1.807, 2.05) is 0 Å². The van der Waals surface area contributed by atoms with Gasteiger partial charge in [0.05, 0.1) is 6.61 Å². The van der Waals surface area contributed by atoms with Gasteiger partial charge < -0.3 is 20.1 Å². The van der Waals surface area contributed by atoms with Crippen LogP contribution in [0.2, 0.25) is 0 Å². The molecule has 1 aliphatic rings. The van der Waals surface area contributed by atoms with E-state index in [0.717, 1.165) is 0 Å². The topological polar surface area (TPSA) is 88.4 Å². The van der Waals surface area contributed by atoms with Crippen molar-refractivity contribution >= 4 is 0 Å². The molecule has 0 saturated carbocycles. The third-order valence-electron chi connectivity index (χ3n) is 1.83. The van der Waals surface area contributed by atoms with Gasteiger partial charge in [0.15, 0.2) is 0 Å². The van der Waals surface area contributed by atoms with E-state index in [1.54, 1.807) is 6.92 Å². The van der Waals surface area contributed by atoms with Gasteiger partial charge in [0, 0.05) is 0 Å². The van der Waals surface area contributed by atoms with E-state index in [2.05, 4.69) is 16.4 Å². The summed E-state index contributed by atoms with van der Waals surface area (Å²) < 4.78 is 4.95. The molecular weight excluding hydrogens is 192 g/mol. The van der Waals surface area contributed by atoms with E-state index >= 15 is 0 Å². The first-order valence-electron chi connectivity index (χ1n) is 4.25. The molecular formula is C8H14O6. The van der Waals surface area contributed by atoms with Gasteiger partial charge in [0.25, 0.3) is 0 Å². The van der Waals surface area contributed by atoms with Crippen LogP contribution in [-0.4, -0.2) is 46.5 Å². The fourth-order valence-corrected chi connectivity index (χ4v) is 1.14. The Bertz CT molecular complexity index is 206. The average Bonchev–Trinajstić information content (AvgIpc) is 2.42. The highest BCUT2D eigenvalue weighted by molar-refractivity contribution is 5.01. The van der Waals surface area contributed by atoms with E-state index in [0.29, 0.717) is 0 Å². The highest BCUT2D eigenvalue weighted by Gasteiger charge is 2.45. The molecule has 4 atom stereocenters. The molecule has 0 aliphatic carbocycles. The lowest BCUT2D eigenvalue weighted by molar-refractivity contribution is -0.382. The van der Waals surface area contributed by atoms with Crippen molar-refractivity contribution < 1.29 is 29.8 Å². The molecule has 3 N–H and O–H groups in total.